The maximum atomic E-state index is 11.7. The number of amides is 1. The Hall–Kier alpha value is -2.33. The lowest BCUT2D eigenvalue weighted by molar-refractivity contribution is -0.114. The number of halogens is 1. The molecule has 1 aliphatic rings. The van der Waals surface area contributed by atoms with Gasteiger partial charge in [-0.2, -0.15) is 0 Å². The first-order valence-electron chi connectivity index (χ1n) is 6.40. The predicted molar refractivity (Wildman–Crippen MR) is 80.0 cm³/mol. The van der Waals surface area contributed by atoms with Gasteiger partial charge < -0.3 is 9.64 Å². The van der Waals surface area contributed by atoms with E-state index in [0.29, 0.717) is 28.6 Å². The van der Waals surface area contributed by atoms with E-state index >= 15 is 0 Å². The van der Waals surface area contributed by atoms with Crippen molar-refractivity contribution in [2.24, 2.45) is 0 Å². The lowest BCUT2D eigenvalue weighted by atomic mass is 10.1. The van der Waals surface area contributed by atoms with Crippen LogP contribution in [0.3, 0.4) is 0 Å². The highest BCUT2D eigenvalue weighted by molar-refractivity contribution is 6.52. The SMILES string of the molecule is CN1C(=O)C(=O)c2ccc(OCc3ccc(Cl)cc3)cc21. The van der Waals surface area contributed by atoms with Crippen LogP contribution in [0, 0.1) is 0 Å². The normalized spacial score (nSPS) is 13.5. The van der Waals surface area contributed by atoms with Crippen LogP contribution < -0.4 is 9.64 Å². The van der Waals surface area contributed by atoms with Crippen LogP contribution in [0.15, 0.2) is 42.5 Å². The van der Waals surface area contributed by atoms with Crippen molar-refractivity contribution in [1.29, 1.82) is 0 Å². The van der Waals surface area contributed by atoms with Crippen LogP contribution in [0.4, 0.5) is 5.69 Å². The fraction of sp³-hybridized carbons (Fsp3) is 0.125. The topological polar surface area (TPSA) is 46.6 Å². The summed E-state index contributed by atoms with van der Waals surface area (Å²) in [7, 11) is 1.58. The van der Waals surface area contributed by atoms with Gasteiger partial charge in [0.05, 0.1) is 11.3 Å². The van der Waals surface area contributed by atoms with Crippen LogP contribution in [0.5, 0.6) is 5.75 Å². The maximum absolute atomic E-state index is 11.7. The molecule has 1 amide bonds. The van der Waals surface area contributed by atoms with Gasteiger partial charge in [0.25, 0.3) is 11.7 Å². The van der Waals surface area contributed by atoms with Crippen molar-refractivity contribution < 1.29 is 14.3 Å². The van der Waals surface area contributed by atoms with Crippen LogP contribution in [0.25, 0.3) is 0 Å². The van der Waals surface area contributed by atoms with E-state index in [9.17, 15) is 9.59 Å². The molecule has 0 aliphatic carbocycles. The first kappa shape index (κ1) is 13.6. The summed E-state index contributed by atoms with van der Waals surface area (Å²) in [5, 5.41) is 0.676. The molecule has 0 fully saturated rings. The van der Waals surface area contributed by atoms with Gasteiger partial charge in [-0.3, -0.25) is 9.59 Å². The molecule has 0 aromatic heterocycles. The molecule has 0 saturated carbocycles. The molecular weight excluding hydrogens is 290 g/mol. The first-order valence-corrected chi connectivity index (χ1v) is 6.78. The molecule has 1 heterocycles. The minimum Gasteiger partial charge on any atom is -0.489 e. The van der Waals surface area contributed by atoms with Gasteiger partial charge in [0, 0.05) is 18.1 Å². The fourth-order valence-electron chi connectivity index (χ4n) is 2.19. The summed E-state index contributed by atoms with van der Waals surface area (Å²) in [6.45, 7) is 0.390. The molecule has 1 aliphatic heterocycles. The standard InChI is InChI=1S/C16H12ClNO3/c1-18-14-8-12(6-7-13(14)15(19)16(18)20)21-9-10-2-4-11(17)5-3-10/h2-8H,9H2,1H3. The molecule has 5 heteroatoms. The highest BCUT2D eigenvalue weighted by Gasteiger charge is 2.33. The van der Waals surface area contributed by atoms with Crippen LogP contribution in [-0.2, 0) is 11.4 Å². The van der Waals surface area contributed by atoms with Gasteiger partial charge in [-0.05, 0) is 29.8 Å². The number of ether oxygens (including phenoxy) is 1. The number of hydrogen-bond acceptors (Lipinski definition) is 3. The van der Waals surface area contributed by atoms with E-state index in [1.165, 1.54) is 4.90 Å². The van der Waals surface area contributed by atoms with Crippen molar-refractivity contribution in [2.45, 2.75) is 6.61 Å². The molecule has 21 heavy (non-hydrogen) atoms. The largest absolute Gasteiger partial charge is 0.489 e. The average molecular weight is 302 g/mol. The molecule has 0 radical (unpaired) electrons. The number of carbonyl (C=O) groups excluding carboxylic acids is 2. The second-order valence-electron chi connectivity index (χ2n) is 4.79. The molecule has 0 bridgehead atoms. The quantitative estimate of drug-likeness (QED) is 0.819. The van der Waals surface area contributed by atoms with Crippen molar-refractivity contribution in [3.63, 3.8) is 0 Å². The van der Waals surface area contributed by atoms with Gasteiger partial charge in [0.2, 0.25) is 0 Å². The second kappa shape index (κ2) is 5.22. The Morgan fingerprint density at radius 1 is 1.10 bits per heavy atom. The number of fused-ring (bicyclic) bond motifs is 1. The van der Waals surface area contributed by atoms with Crippen molar-refractivity contribution in [3.8, 4) is 5.75 Å². The molecule has 2 aromatic rings. The summed E-state index contributed by atoms with van der Waals surface area (Å²) in [4.78, 5) is 24.6. The van der Waals surface area contributed by atoms with Crippen molar-refractivity contribution >= 4 is 29.0 Å². The number of Topliss-reactive ketones (excluding diaryl/α,β-unsaturated/α-hetero) is 1. The third-order valence-corrected chi connectivity index (χ3v) is 3.64. The van der Waals surface area contributed by atoms with Gasteiger partial charge in [-0.15, -0.1) is 0 Å². The van der Waals surface area contributed by atoms with Crippen LogP contribution in [0.2, 0.25) is 5.02 Å². The van der Waals surface area contributed by atoms with E-state index in [2.05, 4.69) is 0 Å². The monoisotopic (exact) mass is 301 g/mol. The minimum atomic E-state index is -0.514. The molecule has 4 nitrogen and oxygen atoms in total. The molecule has 3 rings (SSSR count). The summed E-state index contributed by atoms with van der Waals surface area (Å²) >= 11 is 5.83. The van der Waals surface area contributed by atoms with Gasteiger partial charge in [0.1, 0.15) is 12.4 Å². The zero-order valence-corrected chi connectivity index (χ0v) is 12.1. The molecule has 0 saturated heterocycles. The highest BCUT2D eigenvalue weighted by atomic mass is 35.5. The van der Waals surface area contributed by atoms with E-state index < -0.39 is 11.7 Å². The molecule has 0 spiro atoms. The molecule has 106 valence electrons. The van der Waals surface area contributed by atoms with Crippen molar-refractivity contribution in [2.75, 3.05) is 11.9 Å². The summed E-state index contributed by atoms with van der Waals surface area (Å²) in [6.07, 6.45) is 0. The number of ketones is 1. The van der Waals surface area contributed by atoms with Gasteiger partial charge in [-0.1, -0.05) is 23.7 Å². The number of rotatable bonds is 3. The smallest absolute Gasteiger partial charge is 0.299 e. The lowest BCUT2D eigenvalue weighted by Gasteiger charge is -2.11. The van der Waals surface area contributed by atoms with Gasteiger partial charge in [-0.25, -0.2) is 0 Å². The van der Waals surface area contributed by atoms with Crippen LogP contribution >= 0.6 is 11.6 Å². The van der Waals surface area contributed by atoms with Crippen molar-refractivity contribution in [1.82, 2.24) is 0 Å². The molecule has 0 atom stereocenters. The van der Waals surface area contributed by atoms with Crippen molar-refractivity contribution in [3.05, 3.63) is 58.6 Å². The van der Waals surface area contributed by atoms with Crippen LogP contribution in [0.1, 0.15) is 15.9 Å². The summed E-state index contributed by atoms with van der Waals surface area (Å²) in [6, 6.07) is 12.4. The first-order chi connectivity index (χ1) is 10.1. The summed E-state index contributed by atoms with van der Waals surface area (Å²) < 4.78 is 5.68. The van der Waals surface area contributed by atoms with E-state index in [-0.39, 0.29) is 0 Å². The van der Waals surface area contributed by atoms with E-state index in [4.69, 9.17) is 16.3 Å². The number of carbonyl (C=O) groups is 2. The van der Waals surface area contributed by atoms with E-state index in [0.717, 1.165) is 5.56 Å². The molecule has 2 aromatic carbocycles. The number of anilines is 1. The third-order valence-electron chi connectivity index (χ3n) is 3.39. The number of hydrogen-bond donors (Lipinski definition) is 0. The Balaban J connectivity index is 1.78. The number of likely N-dealkylation sites (N-methyl/N-ethyl adjacent to an activating group) is 1. The average Bonchev–Trinajstić information content (AvgIpc) is 2.71. The van der Waals surface area contributed by atoms with Gasteiger partial charge >= 0.3 is 0 Å². The Morgan fingerprint density at radius 2 is 1.81 bits per heavy atom. The molecule has 0 N–H and O–H groups in total. The highest BCUT2D eigenvalue weighted by Crippen LogP contribution is 2.31. The predicted octanol–water partition coefficient (Wildman–Crippen LogP) is 3.08. The van der Waals surface area contributed by atoms with E-state index in [1.54, 1.807) is 37.4 Å². The number of nitrogens with zero attached hydrogens (tertiary/aromatic N) is 1. The lowest BCUT2D eigenvalue weighted by Crippen LogP contribution is -2.24. The molecular formula is C16H12ClNO3. The zero-order chi connectivity index (χ0) is 15.0. The van der Waals surface area contributed by atoms with Gasteiger partial charge in [0.15, 0.2) is 0 Å². The minimum absolute atomic E-state index is 0.390. The Bertz CT molecular complexity index is 725. The second-order valence-corrected chi connectivity index (χ2v) is 5.22. The maximum Gasteiger partial charge on any atom is 0.299 e. The third kappa shape index (κ3) is 2.50. The Morgan fingerprint density at radius 3 is 2.52 bits per heavy atom. The number of benzene rings is 2. The summed E-state index contributed by atoms with van der Waals surface area (Å²) in [5.41, 5.74) is 1.99. The zero-order valence-electron chi connectivity index (χ0n) is 11.3. The van der Waals surface area contributed by atoms with E-state index in [1.807, 2.05) is 12.1 Å². The Kier molecular flexibility index (Phi) is 3.39. The van der Waals surface area contributed by atoms with Crippen LogP contribution in [-0.4, -0.2) is 18.7 Å². The fourth-order valence-corrected chi connectivity index (χ4v) is 2.32. The summed E-state index contributed by atoms with van der Waals surface area (Å²) in [5.74, 6) is -0.380. The molecule has 0 unspecified atom stereocenters. The Labute approximate surface area is 126 Å².